The number of hydrogen-bond acceptors (Lipinski definition) is 6. The summed E-state index contributed by atoms with van der Waals surface area (Å²) in [6.07, 6.45) is 2.87. The molecule has 7 nitrogen and oxygen atoms in total. The van der Waals surface area contributed by atoms with Gasteiger partial charge in [0.2, 0.25) is 11.7 Å². The van der Waals surface area contributed by atoms with E-state index in [-0.39, 0.29) is 10.6 Å². The number of nitrogens with one attached hydrogen (secondary N) is 1. The van der Waals surface area contributed by atoms with E-state index in [4.69, 9.17) is 25.8 Å². The Labute approximate surface area is 167 Å². The molecule has 0 heterocycles. The van der Waals surface area contributed by atoms with E-state index in [2.05, 4.69) is 10.1 Å². The molecule has 0 fully saturated rings. The molecule has 1 amide bonds. The molecule has 0 spiro atoms. The van der Waals surface area contributed by atoms with Gasteiger partial charge in [-0.3, -0.25) is 4.79 Å². The van der Waals surface area contributed by atoms with Gasteiger partial charge in [-0.25, -0.2) is 4.79 Å². The van der Waals surface area contributed by atoms with Crippen molar-refractivity contribution in [3.05, 3.63) is 52.6 Å². The van der Waals surface area contributed by atoms with Crippen LogP contribution >= 0.6 is 11.6 Å². The third-order valence-corrected chi connectivity index (χ3v) is 4.12. The average molecular weight is 406 g/mol. The van der Waals surface area contributed by atoms with E-state index in [1.54, 1.807) is 18.2 Å². The van der Waals surface area contributed by atoms with Gasteiger partial charge in [-0.1, -0.05) is 11.6 Å². The number of amides is 1. The van der Waals surface area contributed by atoms with Crippen LogP contribution in [0.25, 0.3) is 6.08 Å². The third kappa shape index (κ3) is 4.75. The van der Waals surface area contributed by atoms with Crippen LogP contribution in [0.5, 0.6) is 17.2 Å². The van der Waals surface area contributed by atoms with Gasteiger partial charge in [0.25, 0.3) is 0 Å². The first-order valence-electron chi connectivity index (χ1n) is 8.11. The highest BCUT2D eigenvalue weighted by atomic mass is 35.5. The lowest BCUT2D eigenvalue weighted by Gasteiger charge is -2.14. The lowest BCUT2D eigenvalue weighted by molar-refractivity contribution is -0.111. The van der Waals surface area contributed by atoms with Crippen LogP contribution in [-0.4, -0.2) is 40.3 Å². The Hall–Kier alpha value is -3.19. The second kappa shape index (κ2) is 9.66. The fraction of sp³-hybridized carbons (Fsp3) is 0.200. The molecule has 2 rings (SSSR count). The third-order valence-electron chi connectivity index (χ3n) is 3.79. The molecular weight excluding hydrogens is 386 g/mol. The molecule has 0 saturated heterocycles. The molecule has 0 aliphatic rings. The summed E-state index contributed by atoms with van der Waals surface area (Å²) in [7, 11) is 5.78. The molecule has 0 aliphatic carbocycles. The predicted molar refractivity (Wildman–Crippen MR) is 107 cm³/mol. The van der Waals surface area contributed by atoms with E-state index < -0.39 is 11.9 Å². The number of benzene rings is 2. The standard InChI is InChI=1S/C20H20ClNO6/c1-25-16-9-6-12(18(26-2)19(16)27-3)7-10-17(23)22-15-11-13(20(24)28-4)5-8-14(15)21/h5-11H,1-4H3,(H,22,23). The average Bonchev–Trinajstić information content (AvgIpc) is 2.72. The number of halogens is 1. The number of hydrogen-bond donors (Lipinski definition) is 1. The van der Waals surface area contributed by atoms with Crippen molar-refractivity contribution in [2.75, 3.05) is 33.8 Å². The van der Waals surface area contributed by atoms with Crippen LogP contribution in [-0.2, 0) is 9.53 Å². The van der Waals surface area contributed by atoms with Crippen LogP contribution in [0.2, 0.25) is 5.02 Å². The van der Waals surface area contributed by atoms with Crippen molar-refractivity contribution in [2.24, 2.45) is 0 Å². The first kappa shape index (κ1) is 21.1. The van der Waals surface area contributed by atoms with E-state index in [0.717, 1.165) is 0 Å². The number of ether oxygens (including phenoxy) is 4. The van der Waals surface area contributed by atoms with Crippen molar-refractivity contribution >= 4 is 35.2 Å². The molecule has 0 bridgehead atoms. The Balaban J connectivity index is 2.24. The predicted octanol–water partition coefficient (Wildman–Crippen LogP) is 3.80. The van der Waals surface area contributed by atoms with E-state index in [1.165, 1.54) is 52.7 Å². The lowest BCUT2D eigenvalue weighted by Crippen LogP contribution is -2.10. The molecule has 0 radical (unpaired) electrons. The summed E-state index contributed by atoms with van der Waals surface area (Å²) in [6.45, 7) is 0. The number of carbonyl (C=O) groups excluding carboxylic acids is 2. The van der Waals surface area contributed by atoms with Crippen molar-refractivity contribution in [1.82, 2.24) is 0 Å². The molecule has 8 heteroatoms. The quantitative estimate of drug-likeness (QED) is 0.557. The lowest BCUT2D eigenvalue weighted by atomic mass is 10.1. The summed E-state index contributed by atoms with van der Waals surface area (Å²) in [4.78, 5) is 23.9. The van der Waals surface area contributed by atoms with Crippen molar-refractivity contribution < 1.29 is 28.5 Å². The minimum absolute atomic E-state index is 0.271. The summed E-state index contributed by atoms with van der Waals surface area (Å²) < 4.78 is 20.6. The number of esters is 1. The van der Waals surface area contributed by atoms with E-state index in [9.17, 15) is 9.59 Å². The van der Waals surface area contributed by atoms with Crippen molar-refractivity contribution in [3.8, 4) is 17.2 Å². The Morgan fingerprint density at radius 1 is 0.964 bits per heavy atom. The van der Waals surface area contributed by atoms with Gasteiger partial charge in [0.1, 0.15) is 0 Å². The number of methoxy groups -OCH3 is 4. The van der Waals surface area contributed by atoms with Crippen LogP contribution in [0.1, 0.15) is 15.9 Å². The molecule has 0 unspecified atom stereocenters. The van der Waals surface area contributed by atoms with Gasteiger partial charge in [-0.15, -0.1) is 0 Å². The first-order chi connectivity index (χ1) is 13.4. The molecule has 28 heavy (non-hydrogen) atoms. The van der Waals surface area contributed by atoms with E-state index >= 15 is 0 Å². The topological polar surface area (TPSA) is 83.1 Å². The molecular formula is C20H20ClNO6. The zero-order valence-corrected chi connectivity index (χ0v) is 16.6. The van der Waals surface area contributed by atoms with Crippen LogP contribution in [0.15, 0.2) is 36.4 Å². The van der Waals surface area contributed by atoms with Gasteiger partial charge >= 0.3 is 5.97 Å². The van der Waals surface area contributed by atoms with Gasteiger partial charge in [-0.05, 0) is 36.4 Å². The molecule has 0 saturated carbocycles. The largest absolute Gasteiger partial charge is 0.493 e. The second-order valence-electron chi connectivity index (χ2n) is 5.43. The molecule has 0 aliphatic heterocycles. The Kier molecular flexibility index (Phi) is 7.28. The van der Waals surface area contributed by atoms with Crippen LogP contribution in [0.3, 0.4) is 0 Å². The van der Waals surface area contributed by atoms with Gasteiger partial charge in [-0.2, -0.15) is 0 Å². The van der Waals surface area contributed by atoms with E-state index in [0.29, 0.717) is 28.5 Å². The van der Waals surface area contributed by atoms with Crippen molar-refractivity contribution in [3.63, 3.8) is 0 Å². The highest BCUT2D eigenvalue weighted by molar-refractivity contribution is 6.34. The van der Waals surface area contributed by atoms with Crippen LogP contribution in [0, 0.1) is 0 Å². The molecule has 2 aromatic rings. The first-order valence-corrected chi connectivity index (χ1v) is 8.48. The van der Waals surface area contributed by atoms with Crippen molar-refractivity contribution in [1.29, 1.82) is 0 Å². The Bertz CT molecular complexity index is 910. The summed E-state index contributed by atoms with van der Waals surface area (Å²) >= 11 is 6.08. The second-order valence-corrected chi connectivity index (χ2v) is 5.84. The Morgan fingerprint density at radius 3 is 2.29 bits per heavy atom. The summed E-state index contributed by atoms with van der Waals surface area (Å²) in [6, 6.07) is 7.89. The fourth-order valence-corrected chi connectivity index (χ4v) is 2.63. The number of anilines is 1. The van der Waals surface area contributed by atoms with Gasteiger partial charge in [0, 0.05) is 11.6 Å². The monoisotopic (exact) mass is 405 g/mol. The maximum Gasteiger partial charge on any atom is 0.337 e. The normalized spacial score (nSPS) is 10.5. The summed E-state index contributed by atoms with van der Waals surface area (Å²) in [5.74, 6) is 0.379. The van der Waals surface area contributed by atoms with Crippen LogP contribution in [0.4, 0.5) is 5.69 Å². The minimum atomic E-state index is -0.530. The molecule has 1 N–H and O–H groups in total. The Morgan fingerprint density at radius 2 is 1.68 bits per heavy atom. The number of carbonyl (C=O) groups is 2. The fourth-order valence-electron chi connectivity index (χ4n) is 2.46. The van der Waals surface area contributed by atoms with Gasteiger partial charge in [0.15, 0.2) is 11.5 Å². The van der Waals surface area contributed by atoms with Gasteiger partial charge in [0.05, 0.1) is 44.7 Å². The molecule has 148 valence electrons. The van der Waals surface area contributed by atoms with E-state index in [1.807, 2.05) is 0 Å². The number of rotatable bonds is 7. The SMILES string of the molecule is COC(=O)c1ccc(Cl)c(NC(=O)C=Cc2ccc(OC)c(OC)c2OC)c1. The van der Waals surface area contributed by atoms with Crippen molar-refractivity contribution in [2.45, 2.75) is 0 Å². The highest BCUT2D eigenvalue weighted by Crippen LogP contribution is 2.40. The summed E-state index contributed by atoms with van der Waals surface area (Å²) in [5.41, 5.74) is 1.18. The molecule has 0 aromatic heterocycles. The smallest absolute Gasteiger partial charge is 0.337 e. The highest BCUT2D eigenvalue weighted by Gasteiger charge is 2.15. The maximum absolute atomic E-state index is 12.3. The van der Waals surface area contributed by atoms with Crippen LogP contribution < -0.4 is 19.5 Å². The molecule has 0 atom stereocenters. The zero-order valence-electron chi connectivity index (χ0n) is 15.9. The molecule has 2 aromatic carbocycles. The summed E-state index contributed by atoms with van der Waals surface area (Å²) in [5, 5.41) is 2.92. The maximum atomic E-state index is 12.3. The van der Waals surface area contributed by atoms with Gasteiger partial charge < -0.3 is 24.3 Å². The zero-order chi connectivity index (χ0) is 20.7. The minimum Gasteiger partial charge on any atom is -0.493 e.